The summed E-state index contributed by atoms with van der Waals surface area (Å²) in [6.07, 6.45) is 1.37. The second kappa shape index (κ2) is 8.81. The summed E-state index contributed by atoms with van der Waals surface area (Å²) in [5, 5.41) is 9.38. The molecule has 7 heteroatoms. The van der Waals surface area contributed by atoms with Gasteiger partial charge in [-0.05, 0) is 29.8 Å². The van der Waals surface area contributed by atoms with Crippen LogP contribution in [0.4, 0.5) is 8.78 Å². The van der Waals surface area contributed by atoms with Crippen LogP contribution < -0.4 is 4.74 Å². The summed E-state index contributed by atoms with van der Waals surface area (Å²) in [6.45, 7) is -3.39. The maximum atomic E-state index is 12.4. The first-order valence-electron chi connectivity index (χ1n) is 7.07. The molecule has 0 saturated carbocycles. The summed E-state index contributed by atoms with van der Waals surface area (Å²) < 4.78 is 34.2. The van der Waals surface area contributed by atoms with E-state index in [9.17, 15) is 13.6 Å². The second-order valence-electron chi connectivity index (χ2n) is 4.79. The van der Waals surface area contributed by atoms with E-state index in [2.05, 4.69) is 4.74 Å². The molecule has 0 radical (unpaired) electrons. The lowest BCUT2D eigenvalue weighted by atomic mass is 10.1. The Morgan fingerprint density at radius 3 is 2.60 bits per heavy atom. The smallest absolute Gasteiger partial charge is 0.387 e. The van der Waals surface area contributed by atoms with Gasteiger partial charge in [-0.1, -0.05) is 41.9 Å². The zero-order valence-corrected chi connectivity index (χ0v) is 13.5. The SMILES string of the molecule is N#C/C(=C/c1ccccc1)C(=O)OCc1cc(Cl)ccc1OC(F)F. The molecule has 2 aromatic carbocycles. The lowest BCUT2D eigenvalue weighted by molar-refractivity contribution is -0.139. The van der Waals surface area contributed by atoms with Crippen molar-refractivity contribution in [1.29, 1.82) is 5.26 Å². The average Bonchev–Trinajstić information content (AvgIpc) is 2.60. The molecule has 0 amide bonds. The third-order valence-corrected chi connectivity index (χ3v) is 3.28. The molecule has 0 aliphatic carbocycles. The fourth-order valence-corrected chi connectivity index (χ4v) is 2.14. The van der Waals surface area contributed by atoms with Crippen LogP contribution in [0.2, 0.25) is 5.02 Å². The predicted molar refractivity (Wildman–Crippen MR) is 87.9 cm³/mol. The normalized spacial score (nSPS) is 11.1. The molecule has 2 rings (SSSR count). The minimum atomic E-state index is -3.02. The Hall–Kier alpha value is -2.91. The minimum Gasteiger partial charge on any atom is -0.457 e. The molecule has 0 N–H and O–H groups in total. The van der Waals surface area contributed by atoms with Gasteiger partial charge in [0.25, 0.3) is 0 Å². The Balaban J connectivity index is 2.12. The van der Waals surface area contributed by atoms with E-state index in [1.165, 1.54) is 24.3 Å². The summed E-state index contributed by atoms with van der Waals surface area (Å²) in [7, 11) is 0. The zero-order chi connectivity index (χ0) is 18.2. The molecular formula is C18H12ClF2NO3. The number of nitriles is 1. The van der Waals surface area contributed by atoms with Crippen molar-refractivity contribution in [3.05, 3.63) is 70.3 Å². The number of nitrogens with zero attached hydrogens (tertiary/aromatic N) is 1. The van der Waals surface area contributed by atoms with Crippen LogP contribution in [0.5, 0.6) is 5.75 Å². The van der Waals surface area contributed by atoms with Gasteiger partial charge in [0.1, 0.15) is 24.0 Å². The van der Waals surface area contributed by atoms with Gasteiger partial charge in [0, 0.05) is 10.6 Å². The monoisotopic (exact) mass is 363 g/mol. The molecule has 0 atom stereocenters. The van der Waals surface area contributed by atoms with E-state index >= 15 is 0 Å². The molecule has 0 aliphatic heterocycles. The van der Waals surface area contributed by atoms with Crippen LogP contribution >= 0.6 is 11.6 Å². The number of hydrogen-bond acceptors (Lipinski definition) is 4. The van der Waals surface area contributed by atoms with E-state index < -0.39 is 12.6 Å². The van der Waals surface area contributed by atoms with Crippen LogP contribution in [0.15, 0.2) is 54.1 Å². The zero-order valence-electron chi connectivity index (χ0n) is 12.8. The number of alkyl halides is 2. The molecule has 0 spiro atoms. The molecule has 2 aromatic rings. The minimum absolute atomic E-state index is 0.155. The predicted octanol–water partition coefficient (Wildman–Crippen LogP) is 4.59. The van der Waals surface area contributed by atoms with Crippen molar-refractivity contribution >= 4 is 23.6 Å². The number of esters is 1. The van der Waals surface area contributed by atoms with Gasteiger partial charge in [-0.2, -0.15) is 14.0 Å². The van der Waals surface area contributed by atoms with Crippen LogP contribution in [-0.2, 0) is 16.1 Å². The fraction of sp³-hybridized carbons (Fsp3) is 0.111. The number of carbonyl (C=O) groups excluding carboxylic acids is 1. The first-order chi connectivity index (χ1) is 12.0. The second-order valence-corrected chi connectivity index (χ2v) is 5.22. The Morgan fingerprint density at radius 2 is 1.96 bits per heavy atom. The Bertz CT molecular complexity index is 817. The first-order valence-corrected chi connectivity index (χ1v) is 7.44. The number of carbonyl (C=O) groups is 1. The third-order valence-electron chi connectivity index (χ3n) is 3.05. The number of rotatable bonds is 6. The molecule has 0 aromatic heterocycles. The fourth-order valence-electron chi connectivity index (χ4n) is 1.95. The van der Waals surface area contributed by atoms with Crippen LogP contribution in [0.3, 0.4) is 0 Å². The van der Waals surface area contributed by atoms with Crippen molar-refractivity contribution in [1.82, 2.24) is 0 Å². The maximum Gasteiger partial charge on any atom is 0.387 e. The average molecular weight is 364 g/mol. The van der Waals surface area contributed by atoms with E-state index in [4.69, 9.17) is 21.6 Å². The van der Waals surface area contributed by atoms with E-state index in [-0.39, 0.29) is 28.5 Å². The molecule has 0 bridgehead atoms. The maximum absolute atomic E-state index is 12.4. The van der Waals surface area contributed by atoms with Gasteiger partial charge in [0.2, 0.25) is 0 Å². The van der Waals surface area contributed by atoms with Gasteiger partial charge in [-0.3, -0.25) is 0 Å². The Morgan fingerprint density at radius 1 is 1.24 bits per heavy atom. The summed E-state index contributed by atoms with van der Waals surface area (Å²) in [4.78, 5) is 12.0. The lowest BCUT2D eigenvalue weighted by Gasteiger charge is -2.11. The number of ether oxygens (including phenoxy) is 2. The van der Waals surface area contributed by atoms with Crippen LogP contribution in [0.25, 0.3) is 6.08 Å². The van der Waals surface area contributed by atoms with Crippen molar-refractivity contribution in [2.75, 3.05) is 0 Å². The van der Waals surface area contributed by atoms with Crippen molar-refractivity contribution in [3.8, 4) is 11.8 Å². The number of benzene rings is 2. The lowest BCUT2D eigenvalue weighted by Crippen LogP contribution is -2.09. The molecule has 0 fully saturated rings. The Labute approximate surface area is 147 Å². The summed E-state index contributed by atoms with van der Waals surface area (Å²) in [6, 6.07) is 14.5. The topological polar surface area (TPSA) is 59.3 Å². The summed E-state index contributed by atoms with van der Waals surface area (Å²) >= 11 is 5.82. The van der Waals surface area contributed by atoms with E-state index in [1.54, 1.807) is 36.4 Å². The van der Waals surface area contributed by atoms with E-state index in [0.717, 1.165) is 0 Å². The highest BCUT2D eigenvalue weighted by Gasteiger charge is 2.15. The highest BCUT2D eigenvalue weighted by molar-refractivity contribution is 6.30. The summed E-state index contributed by atoms with van der Waals surface area (Å²) in [5.41, 5.74) is 0.600. The highest BCUT2D eigenvalue weighted by Crippen LogP contribution is 2.25. The van der Waals surface area contributed by atoms with Crippen molar-refractivity contribution in [3.63, 3.8) is 0 Å². The molecule has 4 nitrogen and oxygen atoms in total. The number of halogens is 3. The highest BCUT2D eigenvalue weighted by atomic mass is 35.5. The summed E-state index contributed by atoms with van der Waals surface area (Å²) in [5.74, 6) is -1.04. The quantitative estimate of drug-likeness (QED) is 0.428. The van der Waals surface area contributed by atoms with Gasteiger partial charge in [-0.15, -0.1) is 0 Å². The van der Waals surface area contributed by atoms with Gasteiger partial charge < -0.3 is 9.47 Å². The van der Waals surface area contributed by atoms with Gasteiger partial charge in [-0.25, -0.2) is 4.79 Å². The number of hydrogen-bond donors (Lipinski definition) is 0. The molecule has 0 heterocycles. The standard InChI is InChI=1S/C18H12ClF2NO3/c19-15-6-7-16(25-18(20)21)14(9-15)11-24-17(23)13(10-22)8-12-4-2-1-3-5-12/h1-9,18H,11H2/b13-8-. The van der Waals surface area contributed by atoms with Crippen LogP contribution in [0, 0.1) is 11.3 Å². The molecule has 0 saturated heterocycles. The Kier molecular flexibility index (Phi) is 6.49. The van der Waals surface area contributed by atoms with Crippen LogP contribution in [0.1, 0.15) is 11.1 Å². The first kappa shape index (κ1) is 18.4. The molecule has 25 heavy (non-hydrogen) atoms. The molecular weight excluding hydrogens is 352 g/mol. The van der Waals surface area contributed by atoms with E-state index in [1.807, 2.05) is 0 Å². The van der Waals surface area contributed by atoms with Crippen molar-refractivity contribution in [2.24, 2.45) is 0 Å². The van der Waals surface area contributed by atoms with Gasteiger partial charge >= 0.3 is 12.6 Å². The van der Waals surface area contributed by atoms with E-state index in [0.29, 0.717) is 5.56 Å². The molecule has 0 aliphatic rings. The van der Waals surface area contributed by atoms with Gasteiger partial charge in [0.05, 0.1) is 0 Å². The van der Waals surface area contributed by atoms with Crippen LogP contribution in [-0.4, -0.2) is 12.6 Å². The van der Waals surface area contributed by atoms with Crippen molar-refractivity contribution < 1.29 is 23.0 Å². The largest absolute Gasteiger partial charge is 0.457 e. The van der Waals surface area contributed by atoms with Gasteiger partial charge in [0.15, 0.2) is 0 Å². The van der Waals surface area contributed by atoms with Crippen molar-refractivity contribution in [2.45, 2.75) is 13.2 Å². The molecule has 128 valence electrons. The molecule has 0 unspecified atom stereocenters. The third kappa shape index (κ3) is 5.59.